The molecule has 1 N–H and O–H groups in total. The van der Waals surface area contributed by atoms with Crippen LogP contribution in [0.2, 0.25) is 0 Å². The molecule has 0 radical (unpaired) electrons. The number of ether oxygens (including phenoxy) is 4. The summed E-state index contributed by atoms with van der Waals surface area (Å²) in [6.07, 6.45) is 0. The molecule has 31 heavy (non-hydrogen) atoms. The van der Waals surface area contributed by atoms with Gasteiger partial charge in [-0.1, -0.05) is 42.5 Å². The monoisotopic (exact) mass is 425 g/mol. The van der Waals surface area contributed by atoms with Gasteiger partial charge >= 0.3 is 11.9 Å². The molecule has 0 amide bonds. The minimum Gasteiger partial charge on any atom is -0.490 e. The molecule has 4 atom stereocenters. The van der Waals surface area contributed by atoms with E-state index in [2.05, 4.69) is 5.32 Å². The maximum Gasteiger partial charge on any atom is 0.331 e. The summed E-state index contributed by atoms with van der Waals surface area (Å²) in [4.78, 5) is 26.6. The first-order chi connectivity index (χ1) is 15.1. The highest BCUT2D eigenvalue weighted by atomic mass is 16.5. The molecule has 0 saturated carbocycles. The lowest BCUT2D eigenvalue weighted by molar-refractivity contribution is -0.162. The number of para-hydroxylation sites is 1. The van der Waals surface area contributed by atoms with Crippen LogP contribution in [-0.4, -0.2) is 38.9 Å². The van der Waals surface area contributed by atoms with E-state index >= 15 is 0 Å². The third-order valence-electron chi connectivity index (χ3n) is 6.05. The predicted molar refractivity (Wildman–Crippen MR) is 113 cm³/mol. The van der Waals surface area contributed by atoms with E-state index in [0.29, 0.717) is 23.7 Å². The highest BCUT2D eigenvalue weighted by molar-refractivity contribution is 5.91. The zero-order chi connectivity index (χ0) is 22.0. The van der Waals surface area contributed by atoms with Crippen molar-refractivity contribution in [1.29, 1.82) is 0 Å². The lowest BCUT2D eigenvalue weighted by atomic mass is 9.74. The minimum absolute atomic E-state index is 0.213. The molecule has 2 aromatic rings. The van der Waals surface area contributed by atoms with Gasteiger partial charge in [-0.15, -0.1) is 0 Å². The number of esters is 2. The molecule has 0 aliphatic carbocycles. The van der Waals surface area contributed by atoms with Crippen LogP contribution in [0.3, 0.4) is 0 Å². The van der Waals surface area contributed by atoms with Gasteiger partial charge in [0, 0.05) is 17.5 Å². The van der Waals surface area contributed by atoms with Crippen molar-refractivity contribution in [3.05, 3.63) is 59.7 Å². The van der Waals surface area contributed by atoms with Crippen molar-refractivity contribution in [2.45, 2.75) is 25.4 Å². The van der Waals surface area contributed by atoms with Crippen LogP contribution < -0.4 is 14.8 Å². The van der Waals surface area contributed by atoms with Crippen LogP contribution in [0.15, 0.2) is 48.5 Å². The number of carbonyl (C=O) groups excluding carboxylic acids is 2. The zero-order valence-electron chi connectivity index (χ0n) is 17.9. The molecular formula is C24H27NO6. The Morgan fingerprint density at radius 3 is 2.55 bits per heavy atom. The lowest BCUT2D eigenvalue weighted by Crippen LogP contribution is -2.53. The van der Waals surface area contributed by atoms with E-state index in [9.17, 15) is 9.59 Å². The summed E-state index contributed by atoms with van der Waals surface area (Å²) in [7, 11) is 1.33. The standard InChI is InChI=1S/C24H27NO6/c1-4-29-18-13-9-12-16-20-17(14-31-21(16)18)19(22(26)30-5-2)24(25-20,23(27)28-3)15-10-7-6-8-11-15/h6-13,17,19-20,25H,4-5,14H2,1-3H3/t17-,19+,20+,24+/m0/s1. The summed E-state index contributed by atoms with van der Waals surface area (Å²) < 4.78 is 22.5. The Kier molecular flexibility index (Phi) is 5.87. The molecule has 0 aromatic heterocycles. The van der Waals surface area contributed by atoms with Gasteiger partial charge in [-0.25, -0.2) is 4.79 Å². The summed E-state index contributed by atoms with van der Waals surface area (Å²) in [5.74, 6) is -0.866. The molecule has 2 heterocycles. The van der Waals surface area contributed by atoms with Gasteiger partial charge in [0.05, 0.1) is 32.8 Å². The van der Waals surface area contributed by atoms with Crippen LogP contribution in [0.5, 0.6) is 11.5 Å². The first kappa shape index (κ1) is 21.2. The normalized spacial score (nSPS) is 26.2. The molecule has 1 fully saturated rings. The molecular weight excluding hydrogens is 398 g/mol. The van der Waals surface area contributed by atoms with E-state index in [1.807, 2.05) is 55.5 Å². The molecule has 7 heteroatoms. The first-order valence-corrected chi connectivity index (χ1v) is 10.5. The van der Waals surface area contributed by atoms with Crippen LogP contribution in [0, 0.1) is 11.8 Å². The fourth-order valence-corrected chi connectivity index (χ4v) is 4.85. The lowest BCUT2D eigenvalue weighted by Gasteiger charge is -2.33. The fraction of sp³-hybridized carbons (Fsp3) is 0.417. The van der Waals surface area contributed by atoms with Crippen molar-refractivity contribution in [1.82, 2.24) is 5.32 Å². The molecule has 2 aliphatic rings. The number of nitrogens with one attached hydrogen (secondary N) is 1. The zero-order valence-corrected chi connectivity index (χ0v) is 17.9. The molecule has 4 rings (SSSR count). The molecule has 0 bridgehead atoms. The summed E-state index contributed by atoms with van der Waals surface area (Å²) in [6.45, 7) is 4.62. The average molecular weight is 425 g/mol. The van der Waals surface area contributed by atoms with Crippen LogP contribution >= 0.6 is 0 Å². The van der Waals surface area contributed by atoms with Crippen molar-refractivity contribution in [3.8, 4) is 11.5 Å². The summed E-state index contributed by atoms with van der Waals surface area (Å²) in [5.41, 5.74) is 0.0968. The first-order valence-electron chi connectivity index (χ1n) is 10.5. The maximum atomic E-state index is 13.3. The van der Waals surface area contributed by atoms with Crippen molar-refractivity contribution in [2.75, 3.05) is 26.9 Å². The van der Waals surface area contributed by atoms with Gasteiger partial charge in [-0.3, -0.25) is 10.1 Å². The number of rotatable bonds is 6. The number of benzene rings is 2. The number of hydrogen-bond acceptors (Lipinski definition) is 7. The van der Waals surface area contributed by atoms with E-state index in [1.54, 1.807) is 6.92 Å². The third-order valence-corrected chi connectivity index (χ3v) is 6.05. The van der Waals surface area contributed by atoms with Gasteiger partial charge in [0.25, 0.3) is 0 Å². The van der Waals surface area contributed by atoms with E-state index < -0.39 is 23.4 Å². The van der Waals surface area contributed by atoms with Crippen molar-refractivity contribution < 1.29 is 28.5 Å². The Bertz CT molecular complexity index is 962. The highest BCUT2D eigenvalue weighted by Gasteiger charge is 2.64. The number of carbonyl (C=O) groups is 2. The molecule has 1 saturated heterocycles. The Morgan fingerprint density at radius 1 is 1.10 bits per heavy atom. The van der Waals surface area contributed by atoms with Gasteiger partial charge in [0.1, 0.15) is 0 Å². The Balaban J connectivity index is 1.89. The SMILES string of the molecule is CCOC(=O)[C@H]1[C@@H]2COc3c(OCC)cccc3[C@H]2N[C@]1(C(=O)OC)c1ccccc1. The predicted octanol–water partition coefficient (Wildman–Crippen LogP) is 2.99. The molecule has 164 valence electrons. The van der Waals surface area contributed by atoms with E-state index in [0.717, 1.165) is 5.56 Å². The second-order valence-corrected chi connectivity index (χ2v) is 7.60. The van der Waals surface area contributed by atoms with E-state index in [-0.39, 0.29) is 25.2 Å². The molecule has 0 spiro atoms. The van der Waals surface area contributed by atoms with E-state index in [1.165, 1.54) is 7.11 Å². The summed E-state index contributed by atoms with van der Waals surface area (Å²) in [6, 6.07) is 14.5. The van der Waals surface area contributed by atoms with Crippen LogP contribution in [-0.2, 0) is 24.6 Å². The fourth-order valence-electron chi connectivity index (χ4n) is 4.85. The van der Waals surface area contributed by atoms with Crippen LogP contribution in [0.4, 0.5) is 0 Å². The summed E-state index contributed by atoms with van der Waals surface area (Å²) >= 11 is 0. The van der Waals surface area contributed by atoms with Crippen LogP contribution in [0.25, 0.3) is 0 Å². The Labute approximate surface area is 181 Å². The highest BCUT2D eigenvalue weighted by Crippen LogP contribution is 2.54. The van der Waals surface area contributed by atoms with Gasteiger partial charge < -0.3 is 18.9 Å². The van der Waals surface area contributed by atoms with Crippen molar-refractivity contribution >= 4 is 11.9 Å². The van der Waals surface area contributed by atoms with Gasteiger partial charge in [0.2, 0.25) is 0 Å². The number of hydrogen-bond donors (Lipinski definition) is 1. The van der Waals surface area contributed by atoms with Gasteiger partial charge in [-0.05, 0) is 25.5 Å². The summed E-state index contributed by atoms with van der Waals surface area (Å²) in [5, 5.41) is 3.48. The second-order valence-electron chi connectivity index (χ2n) is 7.60. The van der Waals surface area contributed by atoms with Crippen molar-refractivity contribution in [3.63, 3.8) is 0 Å². The number of methoxy groups -OCH3 is 1. The quantitative estimate of drug-likeness (QED) is 0.713. The number of fused-ring (bicyclic) bond motifs is 3. The van der Waals surface area contributed by atoms with Crippen LogP contribution in [0.1, 0.15) is 31.0 Å². The van der Waals surface area contributed by atoms with Crippen molar-refractivity contribution in [2.24, 2.45) is 11.8 Å². The third kappa shape index (κ3) is 3.33. The van der Waals surface area contributed by atoms with Gasteiger partial charge in [0.15, 0.2) is 17.0 Å². The topological polar surface area (TPSA) is 83.1 Å². The average Bonchev–Trinajstić information content (AvgIpc) is 3.16. The molecule has 0 unspecified atom stereocenters. The molecule has 2 aliphatic heterocycles. The molecule has 7 nitrogen and oxygen atoms in total. The molecule has 2 aromatic carbocycles. The Morgan fingerprint density at radius 2 is 1.87 bits per heavy atom. The second kappa shape index (κ2) is 8.59. The van der Waals surface area contributed by atoms with E-state index in [4.69, 9.17) is 18.9 Å². The van der Waals surface area contributed by atoms with Gasteiger partial charge in [-0.2, -0.15) is 0 Å². The minimum atomic E-state index is -1.40. The largest absolute Gasteiger partial charge is 0.490 e. The maximum absolute atomic E-state index is 13.3. The Hall–Kier alpha value is -3.06. The smallest absolute Gasteiger partial charge is 0.331 e.